The van der Waals surface area contributed by atoms with Crippen LogP contribution < -0.4 is 10.6 Å². The first kappa shape index (κ1) is 22.7. The highest BCUT2D eigenvalue weighted by atomic mass is 127. The molecular formula is C21H28IN3O2S. The minimum atomic E-state index is -3.18. The molecule has 2 atom stereocenters. The van der Waals surface area contributed by atoms with Crippen LogP contribution in [-0.2, 0) is 16.4 Å². The Kier molecular flexibility index (Phi) is 7.88. The number of aliphatic imine (C=N–C) groups is 1. The third-order valence-corrected chi connectivity index (χ3v) is 6.26. The molecular weight excluding hydrogens is 485 g/mol. The molecule has 1 saturated carbocycles. The Labute approximate surface area is 185 Å². The number of aryl methyl sites for hydroxylation is 1. The fourth-order valence-electron chi connectivity index (χ4n) is 3.45. The van der Waals surface area contributed by atoms with Gasteiger partial charge in [0.15, 0.2) is 15.8 Å². The van der Waals surface area contributed by atoms with Crippen molar-refractivity contribution in [3.8, 4) is 0 Å². The zero-order valence-corrected chi connectivity index (χ0v) is 19.6. The number of rotatable bonds is 6. The maximum Gasteiger partial charge on any atom is 0.191 e. The van der Waals surface area contributed by atoms with Crippen molar-refractivity contribution < 1.29 is 8.42 Å². The maximum atomic E-state index is 11.7. The molecule has 2 N–H and O–H groups in total. The van der Waals surface area contributed by atoms with E-state index in [1.807, 2.05) is 19.1 Å². The van der Waals surface area contributed by atoms with Gasteiger partial charge in [0.2, 0.25) is 0 Å². The van der Waals surface area contributed by atoms with Crippen LogP contribution in [0.5, 0.6) is 0 Å². The molecule has 0 aromatic heterocycles. The van der Waals surface area contributed by atoms with Crippen LogP contribution in [0, 0.1) is 12.8 Å². The van der Waals surface area contributed by atoms with Gasteiger partial charge in [0.25, 0.3) is 0 Å². The van der Waals surface area contributed by atoms with Gasteiger partial charge in [-0.2, -0.15) is 0 Å². The number of halogens is 1. The molecule has 1 aliphatic rings. The van der Waals surface area contributed by atoms with Crippen LogP contribution in [0.1, 0.15) is 29.0 Å². The molecule has 0 radical (unpaired) electrons. The Bertz CT molecular complexity index is 930. The molecule has 2 aromatic rings. The van der Waals surface area contributed by atoms with Gasteiger partial charge >= 0.3 is 0 Å². The van der Waals surface area contributed by atoms with E-state index in [1.54, 1.807) is 13.1 Å². The lowest BCUT2D eigenvalue weighted by molar-refractivity contribution is 0.601. The van der Waals surface area contributed by atoms with Crippen molar-refractivity contribution in [1.82, 2.24) is 10.6 Å². The van der Waals surface area contributed by atoms with E-state index in [-0.39, 0.29) is 24.0 Å². The third kappa shape index (κ3) is 5.94. The normalized spacial score (nSPS) is 18.9. The molecule has 0 saturated heterocycles. The average Bonchev–Trinajstić information content (AvgIpc) is 3.41. The Morgan fingerprint density at radius 1 is 1.14 bits per heavy atom. The first-order chi connectivity index (χ1) is 12.9. The molecule has 3 rings (SSSR count). The number of hydrogen-bond donors (Lipinski definition) is 2. The van der Waals surface area contributed by atoms with E-state index in [2.05, 4.69) is 46.0 Å². The van der Waals surface area contributed by atoms with Gasteiger partial charge in [-0.05, 0) is 47.9 Å². The lowest BCUT2D eigenvalue weighted by atomic mass is 10.1. The van der Waals surface area contributed by atoms with Crippen molar-refractivity contribution >= 4 is 39.8 Å². The van der Waals surface area contributed by atoms with Crippen LogP contribution in [0.25, 0.3) is 0 Å². The molecule has 0 spiro atoms. The summed E-state index contributed by atoms with van der Waals surface area (Å²) in [4.78, 5) is 4.66. The molecule has 0 heterocycles. The quantitative estimate of drug-likeness (QED) is 0.353. The van der Waals surface area contributed by atoms with Crippen LogP contribution >= 0.6 is 24.0 Å². The van der Waals surface area contributed by atoms with Crippen molar-refractivity contribution in [2.24, 2.45) is 10.9 Å². The first-order valence-corrected chi connectivity index (χ1v) is 11.1. The van der Waals surface area contributed by atoms with Gasteiger partial charge < -0.3 is 10.6 Å². The summed E-state index contributed by atoms with van der Waals surface area (Å²) in [6, 6.07) is 16.0. The van der Waals surface area contributed by atoms with Gasteiger partial charge in [-0.25, -0.2) is 8.42 Å². The van der Waals surface area contributed by atoms with Crippen molar-refractivity contribution in [1.29, 1.82) is 0 Å². The van der Waals surface area contributed by atoms with Gasteiger partial charge in [-0.1, -0.05) is 42.5 Å². The summed E-state index contributed by atoms with van der Waals surface area (Å²) < 4.78 is 23.4. The number of sulfone groups is 1. The molecule has 0 aliphatic heterocycles. The molecule has 2 aromatic carbocycles. The lowest BCUT2D eigenvalue weighted by Gasteiger charge is -2.13. The average molecular weight is 513 g/mol. The van der Waals surface area contributed by atoms with Gasteiger partial charge in [0.1, 0.15) is 0 Å². The maximum absolute atomic E-state index is 11.7. The van der Waals surface area contributed by atoms with E-state index in [4.69, 9.17) is 0 Å². The molecule has 5 nitrogen and oxygen atoms in total. The molecule has 2 unspecified atom stereocenters. The van der Waals surface area contributed by atoms with Crippen molar-refractivity contribution in [3.63, 3.8) is 0 Å². The topological polar surface area (TPSA) is 70.6 Å². The molecule has 0 bridgehead atoms. The number of nitrogens with zero attached hydrogens (tertiary/aromatic N) is 1. The predicted octanol–water partition coefficient (Wildman–Crippen LogP) is 3.49. The Morgan fingerprint density at radius 2 is 1.86 bits per heavy atom. The second kappa shape index (κ2) is 9.73. The van der Waals surface area contributed by atoms with Gasteiger partial charge in [0.05, 0.1) is 4.90 Å². The first-order valence-electron chi connectivity index (χ1n) is 9.17. The number of benzene rings is 2. The fraction of sp³-hybridized carbons (Fsp3) is 0.381. The summed E-state index contributed by atoms with van der Waals surface area (Å²) in [6.45, 7) is 3.31. The Balaban J connectivity index is 0.00000280. The van der Waals surface area contributed by atoms with Crippen LogP contribution in [0.15, 0.2) is 58.4 Å². The van der Waals surface area contributed by atoms with Gasteiger partial charge in [-0.15, -0.1) is 24.0 Å². The zero-order chi connectivity index (χ0) is 19.4. The Hall–Kier alpha value is -1.61. The third-order valence-electron chi connectivity index (χ3n) is 5.00. The Morgan fingerprint density at radius 3 is 2.46 bits per heavy atom. The summed E-state index contributed by atoms with van der Waals surface area (Å²) in [7, 11) is -1.42. The number of nitrogens with one attached hydrogen (secondary N) is 2. The lowest BCUT2D eigenvalue weighted by Crippen LogP contribution is -2.38. The van der Waals surface area contributed by atoms with E-state index in [1.165, 1.54) is 18.2 Å². The molecule has 28 heavy (non-hydrogen) atoms. The summed E-state index contributed by atoms with van der Waals surface area (Å²) in [5, 5.41) is 6.69. The number of hydrogen-bond acceptors (Lipinski definition) is 3. The summed E-state index contributed by atoms with van der Waals surface area (Å²) in [5.41, 5.74) is 3.20. The second-order valence-electron chi connectivity index (χ2n) is 7.19. The van der Waals surface area contributed by atoms with Crippen molar-refractivity contribution in [2.75, 3.05) is 19.8 Å². The van der Waals surface area contributed by atoms with E-state index in [9.17, 15) is 8.42 Å². The van der Waals surface area contributed by atoms with Crippen molar-refractivity contribution in [2.45, 2.75) is 30.7 Å². The van der Waals surface area contributed by atoms with E-state index in [0.717, 1.165) is 23.6 Å². The summed E-state index contributed by atoms with van der Waals surface area (Å²) in [5.74, 6) is 2.05. The standard InChI is InChI=1S/C21H27N3O2S.HI/c1-15-11-16(9-10-20(15)27(3,25)26)13-23-21(22-2)24-14-18-12-19(18)17-7-5-4-6-8-17;/h4-11,18-19H,12-14H2,1-3H3,(H2,22,23,24);1H. The van der Waals surface area contributed by atoms with E-state index >= 15 is 0 Å². The largest absolute Gasteiger partial charge is 0.356 e. The van der Waals surface area contributed by atoms with Crippen molar-refractivity contribution in [3.05, 3.63) is 65.2 Å². The van der Waals surface area contributed by atoms with E-state index < -0.39 is 9.84 Å². The summed E-state index contributed by atoms with van der Waals surface area (Å²) >= 11 is 0. The molecule has 152 valence electrons. The number of guanidine groups is 1. The van der Waals surface area contributed by atoms with Crippen LogP contribution in [0.3, 0.4) is 0 Å². The van der Waals surface area contributed by atoms with Gasteiger partial charge in [-0.3, -0.25) is 4.99 Å². The second-order valence-corrected chi connectivity index (χ2v) is 9.18. The SMILES string of the molecule is CN=C(NCc1ccc(S(C)(=O)=O)c(C)c1)NCC1CC1c1ccccc1.I. The minimum absolute atomic E-state index is 0. The monoisotopic (exact) mass is 513 g/mol. The highest BCUT2D eigenvalue weighted by Crippen LogP contribution is 2.46. The van der Waals surface area contributed by atoms with E-state index in [0.29, 0.717) is 23.3 Å². The molecule has 1 aliphatic carbocycles. The zero-order valence-electron chi connectivity index (χ0n) is 16.5. The van der Waals surface area contributed by atoms with Crippen LogP contribution in [0.2, 0.25) is 0 Å². The minimum Gasteiger partial charge on any atom is -0.356 e. The highest BCUT2D eigenvalue weighted by molar-refractivity contribution is 14.0. The smallest absolute Gasteiger partial charge is 0.191 e. The predicted molar refractivity (Wildman–Crippen MR) is 125 cm³/mol. The van der Waals surface area contributed by atoms with Crippen LogP contribution in [-0.4, -0.2) is 34.2 Å². The fourth-order valence-corrected chi connectivity index (χ4v) is 4.41. The van der Waals surface area contributed by atoms with Gasteiger partial charge in [0, 0.05) is 26.4 Å². The molecule has 1 fully saturated rings. The summed E-state index contributed by atoms with van der Waals surface area (Å²) in [6.07, 6.45) is 2.44. The molecule has 0 amide bonds. The molecule has 7 heteroatoms. The van der Waals surface area contributed by atoms with Crippen LogP contribution in [0.4, 0.5) is 0 Å². The highest BCUT2D eigenvalue weighted by Gasteiger charge is 2.37.